The molecule has 1 aliphatic rings. The monoisotopic (exact) mass is 289 g/mol. The smallest absolute Gasteiger partial charge is 0.0442 e. The zero-order valence-electron chi connectivity index (χ0n) is 13.9. The molecule has 1 unspecified atom stereocenters. The maximum Gasteiger partial charge on any atom is 0.0442 e. The van der Waals surface area contributed by atoms with Gasteiger partial charge in [-0.25, -0.2) is 0 Å². The molecule has 0 amide bonds. The summed E-state index contributed by atoms with van der Waals surface area (Å²) in [6.07, 6.45) is 9.15. The summed E-state index contributed by atoms with van der Waals surface area (Å²) in [6.45, 7) is 11.3. The molecule has 3 nitrogen and oxygen atoms in total. The van der Waals surface area contributed by atoms with Gasteiger partial charge in [-0.1, -0.05) is 20.8 Å². The number of rotatable bonds is 6. The summed E-state index contributed by atoms with van der Waals surface area (Å²) in [5.74, 6) is 1.70. The van der Waals surface area contributed by atoms with Crippen LogP contribution in [-0.2, 0) is 6.54 Å². The number of hydrogen-bond acceptors (Lipinski definition) is 3. The first kappa shape index (κ1) is 16.3. The minimum Gasteiger partial charge on any atom is -0.371 e. The minimum atomic E-state index is 0.813. The van der Waals surface area contributed by atoms with E-state index in [2.05, 4.69) is 42.0 Å². The summed E-state index contributed by atoms with van der Waals surface area (Å²) >= 11 is 0. The van der Waals surface area contributed by atoms with Crippen LogP contribution in [-0.4, -0.2) is 24.6 Å². The molecule has 0 bridgehead atoms. The molecular formula is C18H31N3. The highest BCUT2D eigenvalue weighted by molar-refractivity contribution is 5.52. The molecule has 118 valence electrons. The average molecular weight is 289 g/mol. The fraction of sp³-hybridized carbons (Fsp3) is 0.722. The van der Waals surface area contributed by atoms with E-state index in [1.807, 2.05) is 12.4 Å². The van der Waals surface area contributed by atoms with E-state index < -0.39 is 0 Å². The van der Waals surface area contributed by atoms with Crippen molar-refractivity contribution in [3.05, 3.63) is 24.0 Å². The highest BCUT2D eigenvalue weighted by atomic mass is 15.1. The molecule has 2 heterocycles. The van der Waals surface area contributed by atoms with Crippen molar-refractivity contribution < 1.29 is 0 Å². The van der Waals surface area contributed by atoms with Crippen molar-refractivity contribution in [2.75, 3.05) is 24.5 Å². The van der Waals surface area contributed by atoms with E-state index in [-0.39, 0.29) is 0 Å². The Morgan fingerprint density at radius 3 is 2.95 bits per heavy atom. The molecule has 1 aliphatic heterocycles. The lowest BCUT2D eigenvalue weighted by molar-refractivity contribution is 0.351. The Morgan fingerprint density at radius 2 is 2.19 bits per heavy atom. The summed E-state index contributed by atoms with van der Waals surface area (Å²) in [4.78, 5) is 6.90. The van der Waals surface area contributed by atoms with Gasteiger partial charge >= 0.3 is 0 Å². The van der Waals surface area contributed by atoms with E-state index in [4.69, 9.17) is 0 Å². The quantitative estimate of drug-likeness (QED) is 0.806. The fourth-order valence-corrected chi connectivity index (χ4v) is 3.29. The number of nitrogens with one attached hydrogen (secondary N) is 1. The molecule has 21 heavy (non-hydrogen) atoms. The van der Waals surface area contributed by atoms with Crippen molar-refractivity contribution in [1.82, 2.24) is 10.3 Å². The van der Waals surface area contributed by atoms with Crippen molar-refractivity contribution in [3.8, 4) is 0 Å². The summed E-state index contributed by atoms with van der Waals surface area (Å²) in [5, 5.41) is 3.51. The molecule has 1 N–H and O–H groups in total. The molecule has 0 radical (unpaired) electrons. The largest absolute Gasteiger partial charge is 0.371 e. The fourth-order valence-electron chi connectivity index (χ4n) is 3.29. The molecular weight excluding hydrogens is 258 g/mol. The standard InChI is InChI=1S/C18H31N3/c1-4-9-19-13-17-14-20-10-7-18(17)21-11-5-6-16(8-12-21)15(2)3/h7,10,14-16,19H,4-6,8-9,11-13H2,1-3H3. The van der Waals surface area contributed by atoms with Crippen molar-refractivity contribution >= 4 is 5.69 Å². The van der Waals surface area contributed by atoms with Crippen LogP contribution in [0.3, 0.4) is 0 Å². The van der Waals surface area contributed by atoms with Gasteiger partial charge in [0.25, 0.3) is 0 Å². The summed E-state index contributed by atoms with van der Waals surface area (Å²) < 4.78 is 0. The second kappa shape index (κ2) is 8.38. The number of pyridine rings is 1. The summed E-state index contributed by atoms with van der Waals surface area (Å²) in [5.41, 5.74) is 2.73. The third-order valence-electron chi connectivity index (χ3n) is 4.68. The van der Waals surface area contributed by atoms with Crippen LogP contribution < -0.4 is 10.2 Å². The van der Waals surface area contributed by atoms with Gasteiger partial charge in [-0.3, -0.25) is 4.98 Å². The van der Waals surface area contributed by atoms with Crippen molar-refractivity contribution in [2.24, 2.45) is 11.8 Å². The highest BCUT2D eigenvalue weighted by Gasteiger charge is 2.20. The summed E-state index contributed by atoms with van der Waals surface area (Å²) in [6, 6.07) is 2.19. The number of hydrogen-bond donors (Lipinski definition) is 1. The SMILES string of the molecule is CCCNCc1cnccc1N1CCCC(C(C)C)CC1. The van der Waals surface area contributed by atoms with Gasteiger partial charge < -0.3 is 10.2 Å². The summed E-state index contributed by atoms with van der Waals surface area (Å²) in [7, 11) is 0. The van der Waals surface area contributed by atoms with Crippen LogP contribution in [0.4, 0.5) is 5.69 Å². The number of aromatic nitrogens is 1. The molecule has 1 aromatic rings. The van der Waals surface area contributed by atoms with E-state index in [0.29, 0.717) is 0 Å². The van der Waals surface area contributed by atoms with Gasteiger partial charge in [0.05, 0.1) is 0 Å². The molecule has 1 fully saturated rings. The maximum absolute atomic E-state index is 4.32. The molecule has 3 heteroatoms. The highest BCUT2D eigenvalue weighted by Crippen LogP contribution is 2.28. The van der Waals surface area contributed by atoms with Gasteiger partial charge in [0.15, 0.2) is 0 Å². The van der Waals surface area contributed by atoms with Crippen LogP contribution >= 0.6 is 0 Å². The van der Waals surface area contributed by atoms with E-state index in [0.717, 1.165) is 24.9 Å². The normalized spacial score (nSPS) is 19.8. The Bertz CT molecular complexity index is 417. The van der Waals surface area contributed by atoms with Gasteiger partial charge in [-0.2, -0.15) is 0 Å². The second-order valence-electron chi connectivity index (χ2n) is 6.60. The molecule has 1 saturated heterocycles. The van der Waals surface area contributed by atoms with E-state index in [9.17, 15) is 0 Å². The van der Waals surface area contributed by atoms with Gasteiger partial charge in [0, 0.05) is 43.3 Å². The number of anilines is 1. The van der Waals surface area contributed by atoms with Crippen LogP contribution in [0.2, 0.25) is 0 Å². The molecule has 2 rings (SSSR count). The van der Waals surface area contributed by atoms with Crippen molar-refractivity contribution in [2.45, 2.75) is 53.0 Å². The van der Waals surface area contributed by atoms with E-state index in [1.54, 1.807) is 0 Å². The third-order valence-corrected chi connectivity index (χ3v) is 4.68. The first-order chi connectivity index (χ1) is 10.2. The maximum atomic E-state index is 4.32. The predicted molar refractivity (Wildman–Crippen MR) is 90.6 cm³/mol. The Morgan fingerprint density at radius 1 is 1.33 bits per heavy atom. The van der Waals surface area contributed by atoms with Crippen LogP contribution in [0.25, 0.3) is 0 Å². The zero-order chi connectivity index (χ0) is 15.1. The first-order valence-electron chi connectivity index (χ1n) is 8.61. The van der Waals surface area contributed by atoms with Gasteiger partial charge in [0.2, 0.25) is 0 Å². The first-order valence-corrected chi connectivity index (χ1v) is 8.61. The molecule has 0 aliphatic carbocycles. The molecule has 0 saturated carbocycles. The topological polar surface area (TPSA) is 28.2 Å². The number of nitrogens with zero attached hydrogens (tertiary/aromatic N) is 2. The lowest BCUT2D eigenvalue weighted by Crippen LogP contribution is -2.27. The van der Waals surface area contributed by atoms with Gasteiger partial charge in [-0.15, -0.1) is 0 Å². The lowest BCUT2D eigenvalue weighted by atomic mass is 9.89. The van der Waals surface area contributed by atoms with Crippen LogP contribution in [0.1, 0.15) is 52.0 Å². The average Bonchev–Trinajstić information content (AvgIpc) is 2.74. The van der Waals surface area contributed by atoms with Crippen molar-refractivity contribution in [1.29, 1.82) is 0 Å². The van der Waals surface area contributed by atoms with E-state index >= 15 is 0 Å². The van der Waals surface area contributed by atoms with Gasteiger partial charge in [-0.05, 0) is 50.1 Å². The van der Waals surface area contributed by atoms with Crippen molar-refractivity contribution in [3.63, 3.8) is 0 Å². The van der Waals surface area contributed by atoms with Crippen LogP contribution in [0.15, 0.2) is 18.5 Å². The lowest BCUT2D eigenvalue weighted by Gasteiger charge is -2.26. The molecule has 1 atom stereocenters. The molecule has 0 aromatic carbocycles. The Kier molecular flexibility index (Phi) is 6.50. The third kappa shape index (κ3) is 4.70. The molecule has 0 spiro atoms. The zero-order valence-corrected chi connectivity index (χ0v) is 13.9. The van der Waals surface area contributed by atoms with Crippen LogP contribution in [0.5, 0.6) is 0 Å². The Labute approximate surface area is 130 Å². The minimum absolute atomic E-state index is 0.813. The molecule has 1 aromatic heterocycles. The van der Waals surface area contributed by atoms with Gasteiger partial charge in [0.1, 0.15) is 0 Å². The van der Waals surface area contributed by atoms with Crippen LogP contribution in [0, 0.1) is 11.8 Å². The Hall–Kier alpha value is -1.09. The van der Waals surface area contributed by atoms with E-state index in [1.165, 1.54) is 50.0 Å². The second-order valence-corrected chi connectivity index (χ2v) is 6.60. The Balaban J connectivity index is 2.03. The predicted octanol–water partition coefficient (Wildman–Crippen LogP) is 3.84.